The van der Waals surface area contributed by atoms with Crippen LogP contribution in [-0.2, 0) is 14.0 Å². The first-order valence-electron chi connectivity index (χ1n) is 22.6. The smallest absolute Gasteiger partial charge is 0.311 e. The van der Waals surface area contributed by atoms with Crippen molar-refractivity contribution >= 4 is 20.1 Å². The Kier molecular flexibility index (Phi) is 29.3. The van der Waals surface area contributed by atoms with Crippen LogP contribution in [0, 0.1) is 5.92 Å². The molecule has 0 N–H and O–H groups in total. The number of esters is 1. The van der Waals surface area contributed by atoms with Crippen molar-refractivity contribution in [3.63, 3.8) is 0 Å². The summed E-state index contributed by atoms with van der Waals surface area (Å²) in [5, 5.41) is 0.0432. The fourth-order valence-corrected chi connectivity index (χ4v) is 8.32. The second-order valence-corrected chi connectivity index (χ2v) is 22.2. The number of hydrogen-bond donors (Lipinski definition) is 0. The molecule has 0 amide bonds. The van der Waals surface area contributed by atoms with E-state index in [1.807, 2.05) is 18.2 Å². The summed E-state index contributed by atoms with van der Waals surface area (Å²) in [6.07, 6.45) is 38.2. The van der Waals surface area contributed by atoms with Gasteiger partial charge in [0.15, 0.2) is 20.7 Å². The summed E-state index contributed by atoms with van der Waals surface area (Å²) in [6, 6.07) is 9.17. The molecule has 0 aliphatic heterocycles. The summed E-state index contributed by atoms with van der Waals surface area (Å²) in [5.41, 5.74) is 0.583. The van der Waals surface area contributed by atoms with Crippen LogP contribution >= 0.6 is 0 Å². The van der Waals surface area contributed by atoms with Crippen molar-refractivity contribution < 1.29 is 18.8 Å². The van der Waals surface area contributed by atoms with Crippen molar-refractivity contribution in [3.8, 4) is 0 Å². The quantitative estimate of drug-likeness (QED) is 0.0228. The predicted octanol–water partition coefficient (Wildman–Crippen LogP) is 15.5. The topological polar surface area (TPSA) is 52.6 Å². The van der Waals surface area contributed by atoms with Gasteiger partial charge in [-0.3, -0.25) is 9.59 Å². The molecule has 0 aliphatic rings. The molecule has 306 valence electrons. The Labute approximate surface area is 330 Å². The van der Waals surface area contributed by atoms with E-state index in [0.717, 1.165) is 38.5 Å². The van der Waals surface area contributed by atoms with E-state index in [1.165, 1.54) is 135 Å². The number of rotatable bonds is 35. The normalized spacial score (nSPS) is 13.4. The minimum atomic E-state index is -2.15. The van der Waals surface area contributed by atoms with E-state index in [1.54, 1.807) is 12.1 Å². The second-order valence-electron chi connectivity index (χ2n) is 17.5. The third kappa shape index (κ3) is 25.1. The van der Waals surface area contributed by atoms with Crippen molar-refractivity contribution in [1.29, 1.82) is 0 Å². The zero-order valence-electron chi connectivity index (χ0n) is 36.1. The van der Waals surface area contributed by atoms with E-state index < -0.39 is 8.32 Å². The van der Waals surface area contributed by atoms with Crippen LogP contribution in [0.4, 0.5) is 0 Å². The van der Waals surface area contributed by atoms with Gasteiger partial charge >= 0.3 is 5.97 Å². The van der Waals surface area contributed by atoms with Crippen LogP contribution in [-0.4, -0.2) is 32.8 Å². The highest BCUT2D eigenvalue weighted by atomic mass is 28.4. The molecule has 0 fully saturated rings. The first-order valence-corrected chi connectivity index (χ1v) is 25.5. The van der Waals surface area contributed by atoms with Gasteiger partial charge in [0, 0.05) is 5.56 Å². The zero-order valence-corrected chi connectivity index (χ0v) is 37.1. The molecule has 4 nitrogen and oxygen atoms in total. The Morgan fingerprint density at radius 1 is 0.604 bits per heavy atom. The summed E-state index contributed by atoms with van der Waals surface area (Å²) in [4.78, 5) is 26.8. The number of Topliss-reactive ketones (excluding diaryl/α,β-unsaturated/α-hetero) is 1. The number of unbranched alkanes of at least 4 members (excludes halogenated alkanes) is 22. The van der Waals surface area contributed by atoms with Crippen molar-refractivity contribution in [2.45, 2.75) is 232 Å². The maximum absolute atomic E-state index is 13.9. The maximum atomic E-state index is 13.9. The number of carbonyl (C=O) groups is 2. The average molecular weight is 755 g/mol. The third-order valence-corrected chi connectivity index (χ3v) is 16.1. The molecule has 0 saturated carbocycles. The molecular formula is C48H86O4Si. The minimum Gasteiger partial charge on any atom is -0.457 e. The van der Waals surface area contributed by atoms with E-state index in [0.29, 0.717) is 5.56 Å². The largest absolute Gasteiger partial charge is 0.457 e. The summed E-state index contributed by atoms with van der Waals surface area (Å²) in [5.74, 6) is -0.747. The third-order valence-electron chi connectivity index (χ3n) is 11.6. The summed E-state index contributed by atoms with van der Waals surface area (Å²) >= 11 is 0. The molecule has 0 aromatic heterocycles. The predicted molar refractivity (Wildman–Crippen MR) is 232 cm³/mol. The highest BCUT2D eigenvalue weighted by molar-refractivity contribution is 6.74. The molecule has 1 rings (SSSR count). The van der Waals surface area contributed by atoms with Gasteiger partial charge in [0.2, 0.25) is 0 Å². The van der Waals surface area contributed by atoms with E-state index >= 15 is 0 Å². The molecule has 53 heavy (non-hydrogen) atoms. The van der Waals surface area contributed by atoms with Gasteiger partial charge in [0.1, 0.15) is 0 Å². The molecule has 1 aromatic rings. The van der Waals surface area contributed by atoms with Crippen molar-refractivity contribution in [2.24, 2.45) is 5.92 Å². The molecule has 2 unspecified atom stereocenters. The maximum Gasteiger partial charge on any atom is 0.311 e. The Balaban J connectivity index is 2.74. The second kappa shape index (κ2) is 31.5. The number of carbonyl (C=O) groups excluding carboxylic acids is 2. The van der Waals surface area contributed by atoms with Crippen molar-refractivity contribution in [2.75, 3.05) is 6.61 Å². The van der Waals surface area contributed by atoms with E-state index in [-0.39, 0.29) is 35.4 Å². The summed E-state index contributed by atoms with van der Waals surface area (Å²) in [6.45, 7) is 15.8. The van der Waals surface area contributed by atoms with Crippen LogP contribution in [0.2, 0.25) is 18.1 Å². The van der Waals surface area contributed by atoms with E-state index in [2.05, 4.69) is 59.9 Å². The molecule has 0 radical (unpaired) electrons. The van der Waals surface area contributed by atoms with Gasteiger partial charge < -0.3 is 9.16 Å². The van der Waals surface area contributed by atoms with Gasteiger partial charge in [-0.05, 0) is 56.7 Å². The molecular weight excluding hydrogens is 669 g/mol. The molecule has 0 bridgehead atoms. The van der Waals surface area contributed by atoms with Gasteiger partial charge in [0.05, 0.1) is 12.0 Å². The lowest BCUT2D eigenvalue weighted by molar-refractivity contribution is -0.151. The Bertz CT molecular complexity index is 1040. The number of allylic oxidation sites excluding steroid dienone is 2. The molecule has 2 atom stereocenters. The van der Waals surface area contributed by atoms with Crippen LogP contribution in [0.1, 0.15) is 218 Å². The first kappa shape index (κ1) is 49.3. The van der Waals surface area contributed by atoms with Gasteiger partial charge in [-0.1, -0.05) is 212 Å². The number of ketones is 1. The molecule has 0 heterocycles. The molecule has 1 aromatic carbocycles. The standard InChI is InChI=1S/C48H86O4Si/c1-8-10-12-14-16-18-20-22-23-24-26-28-30-32-37-41-46(52-53(6,7)48(3,4)5)44(47(50)51-42-45(49)43-38-34-33-35-39-43)40-36-31-29-27-25-21-19-17-15-13-11-9-2/h22-23,33-35,38-39,44,46H,8-21,24-32,36-37,40-42H2,1-7H3. The molecule has 0 spiro atoms. The van der Waals surface area contributed by atoms with Crippen LogP contribution in [0.25, 0.3) is 0 Å². The lowest BCUT2D eigenvalue weighted by Gasteiger charge is -2.41. The highest BCUT2D eigenvalue weighted by Crippen LogP contribution is 2.39. The molecule has 0 saturated heterocycles. The average Bonchev–Trinajstić information content (AvgIpc) is 3.13. The van der Waals surface area contributed by atoms with Crippen molar-refractivity contribution in [1.82, 2.24) is 0 Å². The summed E-state index contributed by atoms with van der Waals surface area (Å²) < 4.78 is 12.9. The number of benzene rings is 1. The van der Waals surface area contributed by atoms with Crippen LogP contribution in [0.15, 0.2) is 42.5 Å². The first-order chi connectivity index (χ1) is 25.5. The van der Waals surface area contributed by atoms with Gasteiger partial charge in [-0.15, -0.1) is 0 Å². The number of ether oxygens (including phenoxy) is 1. The Hall–Kier alpha value is -1.72. The van der Waals surface area contributed by atoms with Gasteiger partial charge in [-0.2, -0.15) is 0 Å². The SMILES string of the molecule is CCCCCCCCC=CCCCCCCCC(O[Si](C)(C)C(C)(C)C)C(CCCCCCCCCCCCCC)C(=O)OCC(=O)c1ccccc1. The Morgan fingerprint density at radius 3 is 1.47 bits per heavy atom. The van der Waals surface area contributed by atoms with Crippen LogP contribution < -0.4 is 0 Å². The number of hydrogen-bond acceptors (Lipinski definition) is 4. The molecule has 5 heteroatoms. The highest BCUT2D eigenvalue weighted by Gasteiger charge is 2.42. The van der Waals surface area contributed by atoms with Crippen LogP contribution in [0.3, 0.4) is 0 Å². The summed E-state index contributed by atoms with van der Waals surface area (Å²) in [7, 11) is -2.15. The van der Waals surface area contributed by atoms with Crippen molar-refractivity contribution in [3.05, 3.63) is 48.0 Å². The fraction of sp³-hybridized carbons (Fsp3) is 0.792. The lowest BCUT2D eigenvalue weighted by atomic mass is 9.91. The van der Waals surface area contributed by atoms with E-state index in [9.17, 15) is 9.59 Å². The minimum absolute atomic E-state index is 0.0432. The van der Waals surface area contributed by atoms with Gasteiger partial charge in [0.25, 0.3) is 0 Å². The fourth-order valence-electron chi connectivity index (χ4n) is 6.93. The monoisotopic (exact) mass is 755 g/mol. The zero-order chi connectivity index (χ0) is 39.0. The van der Waals surface area contributed by atoms with E-state index in [4.69, 9.17) is 9.16 Å². The van der Waals surface area contributed by atoms with Crippen LogP contribution in [0.5, 0.6) is 0 Å². The lowest BCUT2D eigenvalue weighted by Crippen LogP contribution is -2.47. The Morgan fingerprint density at radius 2 is 1.02 bits per heavy atom. The van der Waals surface area contributed by atoms with Gasteiger partial charge in [-0.25, -0.2) is 0 Å². The molecule has 0 aliphatic carbocycles.